The molecule has 0 fully saturated rings. The van der Waals surface area contributed by atoms with E-state index >= 15 is 0 Å². The number of aliphatic hydroxyl groups excluding tert-OH is 1. The van der Waals surface area contributed by atoms with Gasteiger partial charge in [-0.15, -0.1) is 0 Å². The van der Waals surface area contributed by atoms with Gasteiger partial charge in [-0.3, -0.25) is 37.3 Å². The van der Waals surface area contributed by atoms with Crippen LogP contribution in [0.25, 0.3) is 0 Å². The summed E-state index contributed by atoms with van der Waals surface area (Å²) in [5.74, 6) is 0.130. The van der Waals surface area contributed by atoms with Gasteiger partial charge in [0.2, 0.25) is 0 Å². The van der Waals surface area contributed by atoms with E-state index in [0.29, 0.717) is 25.7 Å². The third-order valence-corrected chi connectivity index (χ3v) is 21.0. The maximum Gasteiger partial charge on any atom is 0.472 e. The Hall–Kier alpha value is -1.94. The Morgan fingerprint density at radius 2 is 0.520 bits per heavy atom. The lowest BCUT2D eigenvalue weighted by Crippen LogP contribution is -2.30. The van der Waals surface area contributed by atoms with Crippen LogP contribution in [0.4, 0.5) is 0 Å². The van der Waals surface area contributed by atoms with Crippen LogP contribution in [0.3, 0.4) is 0 Å². The largest absolute Gasteiger partial charge is 0.472 e. The lowest BCUT2D eigenvalue weighted by atomic mass is 10.00. The van der Waals surface area contributed by atoms with Crippen molar-refractivity contribution in [3.63, 3.8) is 0 Å². The summed E-state index contributed by atoms with van der Waals surface area (Å²) in [5.41, 5.74) is 0. The third-order valence-electron chi connectivity index (χ3n) is 19.1. The number of phosphoric ester groups is 2. The van der Waals surface area contributed by atoms with E-state index in [1.807, 2.05) is 0 Å². The second kappa shape index (κ2) is 69.4. The quantitative estimate of drug-likeness (QED) is 0.0222. The Kier molecular flexibility index (Phi) is 68.1. The first-order valence-electron chi connectivity index (χ1n) is 40.9. The van der Waals surface area contributed by atoms with Gasteiger partial charge in [-0.05, 0) is 43.4 Å². The van der Waals surface area contributed by atoms with E-state index in [9.17, 15) is 43.2 Å². The van der Waals surface area contributed by atoms with Crippen molar-refractivity contribution in [3.8, 4) is 0 Å². The number of ether oxygens (including phenoxy) is 4. The number of carbonyl (C=O) groups is 4. The zero-order valence-corrected chi connectivity index (χ0v) is 66.0. The van der Waals surface area contributed by atoms with Gasteiger partial charge < -0.3 is 33.8 Å². The molecule has 0 aliphatic heterocycles. The molecule has 0 spiro atoms. The Balaban J connectivity index is 5.20. The summed E-state index contributed by atoms with van der Waals surface area (Å²) in [6.45, 7) is 11.8. The minimum absolute atomic E-state index is 0.102. The second-order valence-electron chi connectivity index (χ2n) is 29.4. The summed E-state index contributed by atoms with van der Waals surface area (Å²) in [5, 5.41) is 10.6. The van der Waals surface area contributed by atoms with Crippen LogP contribution in [0.1, 0.15) is 408 Å². The third kappa shape index (κ3) is 69.8. The molecule has 0 aromatic rings. The number of carbonyl (C=O) groups excluding carboxylic acids is 4. The van der Waals surface area contributed by atoms with E-state index in [1.165, 1.54) is 212 Å². The molecular weight excluding hydrogens is 1280 g/mol. The predicted molar refractivity (Wildman–Crippen MR) is 400 cm³/mol. The fourth-order valence-electron chi connectivity index (χ4n) is 12.1. The highest BCUT2D eigenvalue weighted by Gasteiger charge is 2.30. The van der Waals surface area contributed by atoms with Crippen molar-refractivity contribution in [2.24, 2.45) is 17.8 Å². The number of phosphoric acid groups is 2. The molecule has 0 amide bonds. The average Bonchev–Trinajstić information content (AvgIpc) is 1.08. The fraction of sp³-hybridized carbons (Fsp3) is 0.949. The van der Waals surface area contributed by atoms with Crippen molar-refractivity contribution in [3.05, 3.63) is 0 Å². The molecule has 0 aromatic heterocycles. The summed E-state index contributed by atoms with van der Waals surface area (Å²) in [4.78, 5) is 72.9. The molecule has 0 bridgehead atoms. The van der Waals surface area contributed by atoms with E-state index in [1.54, 1.807) is 0 Å². The lowest BCUT2D eigenvalue weighted by Gasteiger charge is -2.21. The van der Waals surface area contributed by atoms with E-state index in [4.69, 9.17) is 37.0 Å². The summed E-state index contributed by atoms with van der Waals surface area (Å²) < 4.78 is 68.6. The van der Waals surface area contributed by atoms with Crippen molar-refractivity contribution in [1.29, 1.82) is 0 Å². The van der Waals surface area contributed by atoms with Crippen molar-refractivity contribution in [2.45, 2.75) is 426 Å². The average molecular weight is 1440 g/mol. The normalized spacial score (nSPS) is 14.6. The first kappa shape index (κ1) is 96.1. The standard InChI is InChI=1S/C79H154O17P2/c1-8-11-12-13-14-15-16-17-18-19-20-21-22-23-24-29-32-35-38-48-55-62-78(83)95-74(66-89-76(81)60-53-46-37-34-31-28-26-25-27-30-33-36-43-50-57-70(4)5)68-93-97(85,86)91-64-73(80)65-92-98(87,88)94-69-75(96-79(84)63-56-49-42-40-45-52-59-72(7)10-3)67-90-77(82)61-54-47-41-39-44-51-58-71(6)9-2/h70-75,80H,8-69H2,1-7H3,(H,85,86)(H,87,88)/t71?,72?,73-,74-,75-/m1/s1. The van der Waals surface area contributed by atoms with Gasteiger partial charge in [0.05, 0.1) is 26.4 Å². The lowest BCUT2D eigenvalue weighted by molar-refractivity contribution is -0.161. The van der Waals surface area contributed by atoms with E-state index in [-0.39, 0.29) is 25.7 Å². The van der Waals surface area contributed by atoms with Crippen LogP contribution in [0, 0.1) is 17.8 Å². The molecule has 17 nitrogen and oxygen atoms in total. The van der Waals surface area contributed by atoms with Crippen molar-refractivity contribution in [2.75, 3.05) is 39.6 Å². The predicted octanol–water partition coefficient (Wildman–Crippen LogP) is 23.4. The molecule has 0 aromatic carbocycles. The second-order valence-corrected chi connectivity index (χ2v) is 32.3. The first-order valence-corrected chi connectivity index (χ1v) is 43.9. The SMILES string of the molecule is CCCCCCCCCCCCCCCCCCCCCCCC(=O)O[C@H](COC(=O)CCCCCCCCCCCCCCCCC(C)C)COP(=O)(O)OC[C@@H](O)COP(=O)(O)OC[C@@H](COC(=O)CCCCCCCCC(C)CC)OC(=O)CCCCCCCCC(C)CC. The Morgan fingerprint density at radius 3 is 0.776 bits per heavy atom. The summed E-state index contributed by atoms with van der Waals surface area (Å²) in [7, 11) is -9.92. The van der Waals surface area contributed by atoms with Crippen LogP contribution >= 0.6 is 15.6 Å². The fourth-order valence-corrected chi connectivity index (χ4v) is 13.6. The van der Waals surface area contributed by atoms with E-state index < -0.39 is 97.5 Å². The minimum atomic E-state index is -4.96. The Labute approximate surface area is 600 Å². The molecule has 0 saturated carbocycles. The monoisotopic (exact) mass is 1440 g/mol. The van der Waals surface area contributed by atoms with Crippen LogP contribution in [-0.2, 0) is 65.4 Å². The smallest absolute Gasteiger partial charge is 0.462 e. The Bertz CT molecular complexity index is 1910. The number of rotatable bonds is 77. The molecule has 4 unspecified atom stereocenters. The Morgan fingerprint density at radius 1 is 0.296 bits per heavy atom. The molecule has 582 valence electrons. The van der Waals surface area contributed by atoms with Crippen LogP contribution in [0.5, 0.6) is 0 Å². The first-order chi connectivity index (χ1) is 47.3. The molecule has 7 atom stereocenters. The van der Waals surface area contributed by atoms with Gasteiger partial charge in [-0.25, -0.2) is 9.13 Å². The van der Waals surface area contributed by atoms with Crippen LogP contribution < -0.4 is 0 Å². The van der Waals surface area contributed by atoms with Crippen molar-refractivity contribution >= 4 is 39.5 Å². The number of aliphatic hydroxyl groups is 1. The van der Waals surface area contributed by atoms with E-state index in [0.717, 1.165) is 114 Å². The highest BCUT2D eigenvalue weighted by molar-refractivity contribution is 7.47. The van der Waals surface area contributed by atoms with Gasteiger partial charge in [-0.1, -0.05) is 357 Å². The molecule has 0 radical (unpaired) electrons. The molecule has 98 heavy (non-hydrogen) atoms. The summed E-state index contributed by atoms with van der Waals surface area (Å²) in [6, 6.07) is 0. The van der Waals surface area contributed by atoms with Crippen molar-refractivity contribution in [1.82, 2.24) is 0 Å². The highest BCUT2D eigenvalue weighted by atomic mass is 31.2. The van der Waals surface area contributed by atoms with E-state index in [2.05, 4.69) is 48.5 Å². The highest BCUT2D eigenvalue weighted by Crippen LogP contribution is 2.45. The topological polar surface area (TPSA) is 237 Å². The maximum absolute atomic E-state index is 13.1. The van der Waals surface area contributed by atoms with Gasteiger partial charge in [0.15, 0.2) is 12.2 Å². The molecule has 19 heteroatoms. The van der Waals surface area contributed by atoms with Crippen LogP contribution in [0.2, 0.25) is 0 Å². The molecule has 0 aliphatic carbocycles. The maximum atomic E-state index is 13.1. The molecule has 0 saturated heterocycles. The zero-order valence-electron chi connectivity index (χ0n) is 64.3. The van der Waals surface area contributed by atoms with Gasteiger partial charge >= 0.3 is 39.5 Å². The number of unbranched alkanes of at least 4 members (excludes halogenated alkanes) is 43. The molecule has 0 aliphatic rings. The number of hydrogen-bond acceptors (Lipinski definition) is 15. The molecule has 0 heterocycles. The van der Waals surface area contributed by atoms with Crippen molar-refractivity contribution < 1.29 is 80.2 Å². The van der Waals surface area contributed by atoms with Gasteiger partial charge in [-0.2, -0.15) is 0 Å². The molecule has 0 rings (SSSR count). The van der Waals surface area contributed by atoms with Gasteiger partial charge in [0.1, 0.15) is 19.3 Å². The summed E-state index contributed by atoms with van der Waals surface area (Å²) in [6.07, 6.45) is 57.2. The zero-order chi connectivity index (χ0) is 72.3. The van der Waals surface area contributed by atoms with Gasteiger partial charge in [0.25, 0.3) is 0 Å². The van der Waals surface area contributed by atoms with Gasteiger partial charge in [0, 0.05) is 25.7 Å². The van der Waals surface area contributed by atoms with Crippen LogP contribution in [-0.4, -0.2) is 96.7 Å². The minimum Gasteiger partial charge on any atom is -0.462 e. The molecule has 3 N–H and O–H groups in total. The molecular formula is C79H154O17P2. The number of hydrogen-bond donors (Lipinski definition) is 3. The van der Waals surface area contributed by atoms with Crippen LogP contribution in [0.15, 0.2) is 0 Å². The number of esters is 4. The summed E-state index contributed by atoms with van der Waals surface area (Å²) >= 11 is 0.